The van der Waals surface area contributed by atoms with Gasteiger partial charge in [0.15, 0.2) is 16.8 Å². The van der Waals surface area contributed by atoms with Gasteiger partial charge in [0, 0.05) is 18.7 Å². The van der Waals surface area contributed by atoms with Gasteiger partial charge in [-0.3, -0.25) is 4.79 Å². The Hall–Kier alpha value is -2.61. The second-order valence-corrected chi connectivity index (χ2v) is 7.11. The van der Waals surface area contributed by atoms with Crippen LogP contribution < -0.4 is 5.32 Å². The molecule has 25 heavy (non-hydrogen) atoms. The fraction of sp³-hybridized carbons (Fsp3) is 0.294. The summed E-state index contributed by atoms with van der Waals surface area (Å²) in [6, 6.07) is 9.76. The Morgan fingerprint density at radius 1 is 1.24 bits per heavy atom. The Bertz CT molecular complexity index is 885. The minimum atomic E-state index is -0.356. The number of carbonyl (C=O) groups is 1. The number of aromatic nitrogens is 4. The van der Waals surface area contributed by atoms with Gasteiger partial charge in [0.1, 0.15) is 5.76 Å². The molecular formula is C17H19N5O2S. The van der Waals surface area contributed by atoms with Crippen molar-refractivity contribution in [2.24, 2.45) is 7.05 Å². The molecule has 0 aliphatic rings. The summed E-state index contributed by atoms with van der Waals surface area (Å²) in [4.78, 5) is 12.3. The summed E-state index contributed by atoms with van der Waals surface area (Å²) in [7, 11) is 1.89. The van der Waals surface area contributed by atoms with Crippen molar-refractivity contribution in [3.63, 3.8) is 0 Å². The molecule has 0 saturated heterocycles. The molecule has 0 saturated carbocycles. The summed E-state index contributed by atoms with van der Waals surface area (Å²) in [5.41, 5.74) is 2.18. The van der Waals surface area contributed by atoms with E-state index in [2.05, 4.69) is 20.7 Å². The van der Waals surface area contributed by atoms with E-state index in [0.29, 0.717) is 16.7 Å². The van der Waals surface area contributed by atoms with Gasteiger partial charge in [0.25, 0.3) is 0 Å². The number of benzene rings is 1. The predicted molar refractivity (Wildman–Crippen MR) is 96.4 cm³/mol. The van der Waals surface area contributed by atoms with Crippen LogP contribution in [-0.2, 0) is 11.8 Å². The first kappa shape index (κ1) is 17.2. The number of thioether (sulfide) groups is 1. The zero-order valence-corrected chi connectivity index (χ0v) is 15.3. The molecule has 130 valence electrons. The lowest BCUT2D eigenvalue weighted by molar-refractivity contribution is -0.115. The molecule has 8 heteroatoms. The molecule has 0 fully saturated rings. The Balaban J connectivity index is 1.70. The molecule has 2 aromatic heterocycles. The van der Waals surface area contributed by atoms with Gasteiger partial charge in [-0.2, -0.15) is 0 Å². The van der Waals surface area contributed by atoms with E-state index in [9.17, 15) is 4.79 Å². The third-order valence-corrected chi connectivity index (χ3v) is 4.81. The zero-order valence-electron chi connectivity index (χ0n) is 14.5. The molecule has 3 rings (SSSR count). The van der Waals surface area contributed by atoms with E-state index in [1.54, 1.807) is 13.0 Å². The Labute approximate surface area is 149 Å². The smallest absolute Gasteiger partial charge is 0.238 e. The van der Waals surface area contributed by atoms with Crippen LogP contribution in [0.3, 0.4) is 0 Å². The highest BCUT2D eigenvalue weighted by Gasteiger charge is 2.20. The lowest BCUT2D eigenvalue weighted by atomic mass is 10.1. The first-order valence-corrected chi connectivity index (χ1v) is 8.69. The summed E-state index contributed by atoms with van der Waals surface area (Å²) < 4.78 is 6.83. The van der Waals surface area contributed by atoms with Crippen molar-refractivity contribution >= 4 is 23.5 Å². The minimum absolute atomic E-state index is 0.168. The molecule has 0 aliphatic heterocycles. The van der Waals surface area contributed by atoms with Crippen LogP contribution in [0.2, 0.25) is 0 Å². The van der Waals surface area contributed by atoms with Crippen molar-refractivity contribution in [3.8, 4) is 11.4 Å². The fourth-order valence-corrected chi connectivity index (χ4v) is 3.05. The number of amides is 1. The highest BCUT2D eigenvalue weighted by atomic mass is 32.2. The zero-order chi connectivity index (χ0) is 18.0. The van der Waals surface area contributed by atoms with Crippen molar-refractivity contribution in [1.29, 1.82) is 0 Å². The van der Waals surface area contributed by atoms with Crippen LogP contribution in [0.1, 0.15) is 18.2 Å². The van der Waals surface area contributed by atoms with Crippen LogP contribution >= 0.6 is 11.8 Å². The summed E-state index contributed by atoms with van der Waals surface area (Å²) in [6.45, 7) is 5.62. The van der Waals surface area contributed by atoms with Crippen LogP contribution in [0, 0.1) is 13.8 Å². The average molecular weight is 357 g/mol. The highest BCUT2D eigenvalue weighted by Crippen LogP contribution is 2.26. The number of rotatable bonds is 5. The number of anilines is 1. The average Bonchev–Trinajstić information content (AvgIpc) is 3.15. The second-order valence-electron chi connectivity index (χ2n) is 5.80. The van der Waals surface area contributed by atoms with Crippen LogP contribution in [-0.4, -0.2) is 31.1 Å². The largest absolute Gasteiger partial charge is 0.360 e. The number of nitrogens with one attached hydrogen (secondary N) is 1. The fourth-order valence-electron chi connectivity index (χ4n) is 2.24. The molecule has 1 aromatic carbocycles. The Kier molecular flexibility index (Phi) is 4.89. The Morgan fingerprint density at radius 3 is 2.60 bits per heavy atom. The molecular weight excluding hydrogens is 338 g/mol. The van der Waals surface area contributed by atoms with Gasteiger partial charge in [-0.1, -0.05) is 46.7 Å². The quantitative estimate of drug-likeness (QED) is 0.706. The van der Waals surface area contributed by atoms with Crippen molar-refractivity contribution in [2.75, 3.05) is 5.32 Å². The van der Waals surface area contributed by atoms with Crippen molar-refractivity contribution < 1.29 is 9.32 Å². The molecule has 0 aliphatic carbocycles. The third-order valence-electron chi connectivity index (χ3n) is 3.68. The van der Waals surface area contributed by atoms with Crippen LogP contribution in [0.5, 0.6) is 0 Å². The van der Waals surface area contributed by atoms with E-state index in [1.165, 1.54) is 17.3 Å². The van der Waals surface area contributed by atoms with Gasteiger partial charge in [-0.15, -0.1) is 10.2 Å². The third kappa shape index (κ3) is 3.90. The van der Waals surface area contributed by atoms with Gasteiger partial charge in [0.05, 0.1) is 5.25 Å². The maximum absolute atomic E-state index is 12.3. The first-order valence-electron chi connectivity index (χ1n) is 7.81. The molecule has 0 spiro atoms. The predicted octanol–water partition coefficient (Wildman–Crippen LogP) is 3.21. The molecule has 1 atom stereocenters. The molecule has 7 nitrogen and oxygen atoms in total. The molecule has 3 aromatic rings. The van der Waals surface area contributed by atoms with E-state index < -0.39 is 0 Å². The number of aryl methyl sites for hydroxylation is 2. The molecule has 2 heterocycles. The topological polar surface area (TPSA) is 85.8 Å². The van der Waals surface area contributed by atoms with Gasteiger partial charge in [0.2, 0.25) is 5.91 Å². The van der Waals surface area contributed by atoms with Gasteiger partial charge < -0.3 is 14.4 Å². The van der Waals surface area contributed by atoms with E-state index in [4.69, 9.17) is 4.52 Å². The standard InChI is InChI=1S/C17H19N5O2S/c1-10-5-7-13(8-6-10)15-19-20-17(22(15)4)25-12(3)16(23)18-14-9-11(2)24-21-14/h5-9,12H,1-4H3,(H,18,21,23). The van der Waals surface area contributed by atoms with E-state index in [-0.39, 0.29) is 11.2 Å². The van der Waals surface area contributed by atoms with Gasteiger partial charge >= 0.3 is 0 Å². The minimum Gasteiger partial charge on any atom is -0.360 e. The van der Waals surface area contributed by atoms with Crippen LogP contribution in [0.4, 0.5) is 5.82 Å². The number of hydrogen-bond donors (Lipinski definition) is 1. The number of hydrogen-bond acceptors (Lipinski definition) is 6. The molecule has 0 bridgehead atoms. The highest BCUT2D eigenvalue weighted by molar-refractivity contribution is 8.00. The van der Waals surface area contributed by atoms with Gasteiger partial charge in [-0.05, 0) is 20.8 Å². The summed E-state index contributed by atoms with van der Waals surface area (Å²) in [5.74, 6) is 1.65. The van der Waals surface area contributed by atoms with E-state index in [1.807, 2.05) is 49.7 Å². The second kappa shape index (κ2) is 7.10. The van der Waals surface area contributed by atoms with Gasteiger partial charge in [-0.25, -0.2) is 0 Å². The molecule has 0 radical (unpaired) electrons. The lowest BCUT2D eigenvalue weighted by Gasteiger charge is -2.10. The molecule has 1 unspecified atom stereocenters. The summed E-state index contributed by atoms with van der Waals surface area (Å²) in [6.07, 6.45) is 0. The number of carbonyl (C=O) groups excluding carboxylic acids is 1. The maximum Gasteiger partial charge on any atom is 0.238 e. The van der Waals surface area contributed by atoms with Crippen molar-refractivity contribution in [2.45, 2.75) is 31.2 Å². The van der Waals surface area contributed by atoms with Crippen molar-refractivity contribution in [1.82, 2.24) is 19.9 Å². The van der Waals surface area contributed by atoms with Crippen LogP contribution in [0.25, 0.3) is 11.4 Å². The van der Waals surface area contributed by atoms with E-state index in [0.717, 1.165) is 11.4 Å². The molecule has 1 amide bonds. The molecule has 1 N–H and O–H groups in total. The number of nitrogens with zero attached hydrogens (tertiary/aromatic N) is 4. The van der Waals surface area contributed by atoms with Crippen LogP contribution in [0.15, 0.2) is 40.0 Å². The van der Waals surface area contributed by atoms with E-state index >= 15 is 0 Å². The maximum atomic E-state index is 12.3. The first-order chi connectivity index (χ1) is 11.9. The summed E-state index contributed by atoms with van der Waals surface area (Å²) >= 11 is 1.34. The summed E-state index contributed by atoms with van der Waals surface area (Å²) in [5, 5.41) is 15.3. The Morgan fingerprint density at radius 2 is 1.96 bits per heavy atom. The normalized spacial score (nSPS) is 12.2. The lowest BCUT2D eigenvalue weighted by Crippen LogP contribution is -2.23. The monoisotopic (exact) mass is 357 g/mol. The van der Waals surface area contributed by atoms with Crippen molar-refractivity contribution in [3.05, 3.63) is 41.7 Å². The SMILES string of the molecule is Cc1ccc(-c2nnc(SC(C)C(=O)Nc3cc(C)on3)n2C)cc1.